The molecule has 0 saturated heterocycles. The van der Waals surface area contributed by atoms with Gasteiger partial charge in [-0.15, -0.1) is 0 Å². The molecule has 3 nitrogen and oxygen atoms in total. The minimum absolute atomic E-state index is 0.0551. The van der Waals surface area contributed by atoms with Crippen molar-refractivity contribution in [2.45, 2.75) is 13.0 Å². The molecule has 2 aromatic rings. The fourth-order valence-electron chi connectivity index (χ4n) is 1.64. The van der Waals surface area contributed by atoms with Crippen molar-refractivity contribution in [1.82, 2.24) is 0 Å². The summed E-state index contributed by atoms with van der Waals surface area (Å²) in [5.41, 5.74) is 0.258. The Bertz CT molecular complexity index is 710. The van der Waals surface area contributed by atoms with Gasteiger partial charge in [0.25, 0.3) is 5.91 Å². The van der Waals surface area contributed by atoms with Crippen LogP contribution in [0.4, 0.5) is 14.5 Å². The van der Waals surface area contributed by atoms with Gasteiger partial charge in [-0.25, -0.2) is 8.78 Å². The minimum atomic E-state index is -0.913. The van der Waals surface area contributed by atoms with Gasteiger partial charge in [0.1, 0.15) is 17.4 Å². The number of ether oxygens (including phenoxy) is 1. The zero-order chi connectivity index (χ0) is 16.3. The number of anilines is 1. The summed E-state index contributed by atoms with van der Waals surface area (Å²) in [5.74, 6) is -1.34. The number of carbonyl (C=O) groups is 1. The minimum Gasteiger partial charge on any atom is -0.479 e. The molecule has 1 N–H and O–H groups in total. The molecular formula is C15H11Cl2F2NO2. The summed E-state index contributed by atoms with van der Waals surface area (Å²) in [6, 6.07) is 7.17. The molecule has 7 heteroatoms. The Morgan fingerprint density at radius 3 is 2.27 bits per heavy atom. The van der Waals surface area contributed by atoms with E-state index in [1.165, 1.54) is 31.2 Å². The van der Waals surface area contributed by atoms with Gasteiger partial charge in [0.15, 0.2) is 6.10 Å². The van der Waals surface area contributed by atoms with Gasteiger partial charge in [-0.2, -0.15) is 0 Å². The summed E-state index contributed by atoms with van der Waals surface area (Å²) in [5, 5.41) is 2.63. The fraction of sp³-hybridized carbons (Fsp3) is 0.133. The number of carbonyl (C=O) groups excluding carboxylic acids is 1. The number of rotatable bonds is 4. The number of benzene rings is 2. The Labute approximate surface area is 135 Å². The van der Waals surface area contributed by atoms with E-state index in [9.17, 15) is 13.6 Å². The first-order valence-corrected chi connectivity index (χ1v) is 7.00. The lowest BCUT2D eigenvalue weighted by atomic mass is 10.2. The second kappa shape index (κ2) is 6.94. The van der Waals surface area contributed by atoms with Crippen molar-refractivity contribution in [3.8, 4) is 5.75 Å². The summed E-state index contributed by atoms with van der Waals surface area (Å²) < 4.78 is 31.3. The molecule has 1 atom stereocenters. The Morgan fingerprint density at radius 2 is 1.68 bits per heavy atom. The molecule has 0 fully saturated rings. The van der Waals surface area contributed by atoms with Crippen LogP contribution in [0.3, 0.4) is 0 Å². The van der Waals surface area contributed by atoms with Gasteiger partial charge in [0.05, 0.1) is 15.7 Å². The van der Waals surface area contributed by atoms with Gasteiger partial charge < -0.3 is 10.1 Å². The van der Waals surface area contributed by atoms with E-state index in [2.05, 4.69) is 5.32 Å². The summed E-state index contributed by atoms with van der Waals surface area (Å²) in [4.78, 5) is 12.0. The van der Waals surface area contributed by atoms with Crippen LogP contribution < -0.4 is 10.1 Å². The van der Waals surface area contributed by atoms with Crippen LogP contribution in [0.5, 0.6) is 5.75 Å². The first-order chi connectivity index (χ1) is 10.4. The van der Waals surface area contributed by atoms with Crippen molar-refractivity contribution in [1.29, 1.82) is 0 Å². The molecule has 0 aliphatic rings. The van der Waals surface area contributed by atoms with E-state index in [1.807, 2.05) is 0 Å². The Kier molecular flexibility index (Phi) is 5.21. The van der Waals surface area contributed by atoms with Crippen molar-refractivity contribution in [3.05, 3.63) is 58.1 Å². The summed E-state index contributed by atoms with van der Waals surface area (Å²) >= 11 is 11.6. The predicted molar refractivity (Wildman–Crippen MR) is 81.5 cm³/mol. The molecule has 0 radical (unpaired) electrons. The van der Waals surface area contributed by atoms with E-state index in [1.54, 1.807) is 0 Å². The molecule has 1 amide bonds. The van der Waals surface area contributed by atoms with Crippen LogP contribution in [0.2, 0.25) is 10.0 Å². The third kappa shape index (κ3) is 4.08. The third-order valence-electron chi connectivity index (χ3n) is 2.76. The number of amides is 1. The molecule has 0 saturated carbocycles. The largest absolute Gasteiger partial charge is 0.479 e. The molecule has 0 heterocycles. The molecule has 2 rings (SSSR count). The van der Waals surface area contributed by atoms with Crippen molar-refractivity contribution in [2.24, 2.45) is 0 Å². The maximum absolute atomic E-state index is 12.9. The van der Waals surface area contributed by atoms with Crippen molar-refractivity contribution in [2.75, 3.05) is 5.32 Å². The Hall–Kier alpha value is -1.85. The van der Waals surface area contributed by atoms with Gasteiger partial charge in [-0.3, -0.25) is 4.79 Å². The van der Waals surface area contributed by atoms with Crippen LogP contribution in [0.25, 0.3) is 0 Å². The SMILES string of the molecule is CC(Oc1ccc(F)cc1Cl)C(=O)Nc1ccc(F)cc1Cl. The van der Waals surface area contributed by atoms with E-state index in [0.717, 1.165) is 12.1 Å². The molecule has 116 valence electrons. The maximum Gasteiger partial charge on any atom is 0.265 e. The lowest BCUT2D eigenvalue weighted by Crippen LogP contribution is -2.30. The van der Waals surface area contributed by atoms with Crippen molar-refractivity contribution >= 4 is 34.8 Å². The van der Waals surface area contributed by atoms with E-state index in [0.29, 0.717) is 0 Å². The monoisotopic (exact) mass is 345 g/mol. The smallest absolute Gasteiger partial charge is 0.265 e. The van der Waals surface area contributed by atoms with E-state index < -0.39 is 23.6 Å². The molecule has 1 unspecified atom stereocenters. The van der Waals surface area contributed by atoms with E-state index in [4.69, 9.17) is 27.9 Å². The van der Waals surface area contributed by atoms with Crippen LogP contribution in [0.1, 0.15) is 6.92 Å². The summed E-state index contributed by atoms with van der Waals surface area (Å²) in [6.07, 6.45) is -0.913. The maximum atomic E-state index is 12.9. The molecule has 2 aromatic carbocycles. The fourth-order valence-corrected chi connectivity index (χ4v) is 2.07. The second-order valence-electron chi connectivity index (χ2n) is 4.45. The molecule has 0 aliphatic heterocycles. The highest BCUT2D eigenvalue weighted by Gasteiger charge is 2.17. The highest BCUT2D eigenvalue weighted by molar-refractivity contribution is 6.33. The first-order valence-electron chi connectivity index (χ1n) is 6.24. The average Bonchev–Trinajstić information content (AvgIpc) is 2.44. The van der Waals surface area contributed by atoms with Crippen molar-refractivity contribution < 1.29 is 18.3 Å². The normalized spacial score (nSPS) is 11.9. The van der Waals surface area contributed by atoms with Gasteiger partial charge >= 0.3 is 0 Å². The van der Waals surface area contributed by atoms with Gasteiger partial charge in [-0.1, -0.05) is 23.2 Å². The van der Waals surface area contributed by atoms with Gasteiger partial charge in [0, 0.05) is 0 Å². The molecule has 22 heavy (non-hydrogen) atoms. The number of hydrogen-bond acceptors (Lipinski definition) is 2. The lowest BCUT2D eigenvalue weighted by Gasteiger charge is -2.16. The number of hydrogen-bond donors (Lipinski definition) is 1. The molecule has 0 aromatic heterocycles. The molecule has 0 bridgehead atoms. The van der Waals surface area contributed by atoms with Gasteiger partial charge in [-0.05, 0) is 43.3 Å². The quantitative estimate of drug-likeness (QED) is 0.873. The van der Waals surface area contributed by atoms with Crippen LogP contribution in [-0.4, -0.2) is 12.0 Å². The lowest BCUT2D eigenvalue weighted by molar-refractivity contribution is -0.122. The molecule has 0 aliphatic carbocycles. The highest BCUT2D eigenvalue weighted by atomic mass is 35.5. The predicted octanol–water partition coefficient (Wildman–Crippen LogP) is 4.68. The van der Waals surface area contributed by atoms with Gasteiger partial charge in [0.2, 0.25) is 0 Å². The zero-order valence-electron chi connectivity index (χ0n) is 11.4. The van der Waals surface area contributed by atoms with Crippen LogP contribution in [0.15, 0.2) is 36.4 Å². The molecule has 0 spiro atoms. The average molecular weight is 346 g/mol. The topological polar surface area (TPSA) is 38.3 Å². The summed E-state index contributed by atoms with van der Waals surface area (Å²) in [6.45, 7) is 1.49. The highest BCUT2D eigenvalue weighted by Crippen LogP contribution is 2.27. The van der Waals surface area contributed by atoms with E-state index >= 15 is 0 Å². The first kappa shape index (κ1) is 16.5. The zero-order valence-corrected chi connectivity index (χ0v) is 12.9. The standard InChI is InChI=1S/C15H11Cl2F2NO2/c1-8(22-14-5-3-10(19)7-12(14)17)15(21)20-13-4-2-9(18)6-11(13)16/h2-8H,1H3,(H,20,21). The van der Waals surface area contributed by atoms with E-state index in [-0.39, 0.29) is 21.5 Å². The second-order valence-corrected chi connectivity index (χ2v) is 5.26. The van der Waals surface area contributed by atoms with Crippen molar-refractivity contribution in [3.63, 3.8) is 0 Å². The van der Waals surface area contributed by atoms with Crippen LogP contribution in [-0.2, 0) is 4.79 Å². The Morgan fingerprint density at radius 1 is 1.09 bits per heavy atom. The Balaban J connectivity index is 2.05. The van der Waals surface area contributed by atoms with Crippen LogP contribution in [0, 0.1) is 11.6 Å². The summed E-state index contributed by atoms with van der Waals surface area (Å²) in [7, 11) is 0. The number of halogens is 4. The van der Waals surface area contributed by atoms with Crippen LogP contribution >= 0.6 is 23.2 Å². The number of nitrogens with one attached hydrogen (secondary N) is 1. The molecular weight excluding hydrogens is 335 g/mol. The third-order valence-corrected chi connectivity index (χ3v) is 3.36.